The molecule has 3 rings (SSSR count). The Kier molecular flexibility index (Phi) is 4.76. The number of carbonyl (C=O) groups excluding carboxylic acids is 1. The van der Waals surface area contributed by atoms with Gasteiger partial charge in [-0.2, -0.15) is 0 Å². The van der Waals surface area contributed by atoms with Crippen LogP contribution in [-0.2, 0) is 4.74 Å². The predicted octanol–water partition coefficient (Wildman–Crippen LogP) is 4.73. The third-order valence-corrected chi connectivity index (χ3v) is 3.89. The highest BCUT2D eigenvalue weighted by Gasteiger charge is 2.17. The van der Waals surface area contributed by atoms with E-state index >= 15 is 0 Å². The molecule has 2 heterocycles. The Bertz CT molecular complexity index is 833. The second kappa shape index (κ2) is 6.22. The minimum absolute atomic E-state index is 0. The predicted molar refractivity (Wildman–Crippen MR) is 89.5 cm³/mol. The first-order valence-corrected chi connectivity index (χ1v) is 7.21. The summed E-state index contributed by atoms with van der Waals surface area (Å²) in [6, 6.07) is 5.82. The van der Waals surface area contributed by atoms with Crippen molar-refractivity contribution in [3.63, 3.8) is 0 Å². The number of pyridine rings is 1. The molecule has 0 aliphatic rings. The van der Waals surface area contributed by atoms with E-state index in [-0.39, 0.29) is 18.0 Å². The highest BCUT2D eigenvalue weighted by atomic mass is 79.9. The van der Waals surface area contributed by atoms with Gasteiger partial charge in [-0.05, 0) is 25.1 Å². The van der Waals surface area contributed by atoms with Crippen LogP contribution >= 0.6 is 39.9 Å². The smallest absolute Gasteiger partial charge is 0.341 e. The molecule has 0 aliphatic heterocycles. The molecule has 0 atom stereocenters. The monoisotopic (exact) mass is 388 g/mol. The Hall–Kier alpha value is -1.30. The summed E-state index contributed by atoms with van der Waals surface area (Å²) in [7, 11) is 0. The van der Waals surface area contributed by atoms with Gasteiger partial charge in [0.2, 0.25) is 0 Å². The van der Waals surface area contributed by atoms with Gasteiger partial charge in [0.1, 0.15) is 0 Å². The van der Waals surface area contributed by atoms with Crippen LogP contribution in [0.15, 0.2) is 28.9 Å². The average molecular weight is 390 g/mol. The number of hydrogen-bond donors (Lipinski definition) is 1. The van der Waals surface area contributed by atoms with Gasteiger partial charge in [-0.1, -0.05) is 27.5 Å². The standard InChI is InChI=1S/C14H10BrClN2O2.ClH/c1-2-20-14(19)9-6-17-12-8-5-7(15)3-4-10(8)18-13(12)11(9)16;/h3-6,18H,2H2,1H3;1H. The highest BCUT2D eigenvalue weighted by molar-refractivity contribution is 9.10. The fraction of sp³-hybridized carbons (Fsp3) is 0.143. The molecule has 0 radical (unpaired) electrons. The first-order chi connectivity index (χ1) is 9.61. The third-order valence-electron chi connectivity index (χ3n) is 3.01. The Morgan fingerprint density at radius 1 is 1.48 bits per heavy atom. The normalized spacial score (nSPS) is 10.6. The molecule has 0 saturated carbocycles. The molecule has 3 aromatic rings. The Balaban J connectivity index is 0.00000161. The van der Waals surface area contributed by atoms with E-state index in [1.165, 1.54) is 6.20 Å². The molecular formula is C14H11BrCl2N2O2. The van der Waals surface area contributed by atoms with Crippen LogP contribution in [0, 0.1) is 0 Å². The molecule has 0 spiro atoms. The van der Waals surface area contributed by atoms with Gasteiger partial charge in [0.15, 0.2) is 0 Å². The van der Waals surface area contributed by atoms with Crippen LogP contribution in [0.2, 0.25) is 5.02 Å². The number of nitrogens with one attached hydrogen (secondary N) is 1. The number of ether oxygens (including phenoxy) is 1. The van der Waals surface area contributed by atoms with Crippen molar-refractivity contribution >= 4 is 67.8 Å². The molecule has 0 unspecified atom stereocenters. The lowest BCUT2D eigenvalue weighted by atomic mass is 10.2. The zero-order valence-corrected chi connectivity index (χ0v) is 14.1. The number of nitrogens with zero attached hydrogens (tertiary/aromatic N) is 1. The zero-order chi connectivity index (χ0) is 14.3. The molecule has 0 fully saturated rings. The molecule has 0 bridgehead atoms. The van der Waals surface area contributed by atoms with E-state index in [1.54, 1.807) is 6.92 Å². The second-order valence-electron chi connectivity index (χ2n) is 4.24. The van der Waals surface area contributed by atoms with Crippen LogP contribution in [0.4, 0.5) is 0 Å². The number of H-pyrrole nitrogens is 1. The van der Waals surface area contributed by atoms with Gasteiger partial charge in [0.05, 0.1) is 28.2 Å². The van der Waals surface area contributed by atoms with Crippen molar-refractivity contribution in [2.24, 2.45) is 0 Å². The summed E-state index contributed by atoms with van der Waals surface area (Å²) >= 11 is 9.73. The van der Waals surface area contributed by atoms with E-state index < -0.39 is 5.97 Å². The number of fused-ring (bicyclic) bond motifs is 3. The molecule has 4 nitrogen and oxygen atoms in total. The summed E-state index contributed by atoms with van der Waals surface area (Å²) in [5.41, 5.74) is 2.56. The van der Waals surface area contributed by atoms with Crippen molar-refractivity contribution in [1.82, 2.24) is 9.97 Å². The minimum atomic E-state index is -0.466. The van der Waals surface area contributed by atoms with Gasteiger partial charge >= 0.3 is 5.97 Å². The van der Waals surface area contributed by atoms with Crippen molar-refractivity contribution in [1.29, 1.82) is 0 Å². The zero-order valence-electron chi connectivity index (χ0n) is 10.9. The maximum Gasteiger partial charge on any atom is 0.341 e. The van der Waals surface area contributed by atoms with Crippen LogP contribution < -0.4 is 0 Å². The summed E-state index contributed by atoms with van der Waals surface area (Å²) in [5.74, 6) is -0.466. The van der Waals surface area contributed by atoms with Gasteiger partial charge < -0.3 is 9.72 Å². The van der Waals surface area contributed by atoms with Crippen LogP contribution in [0.5, 0.6) is 0 Å². The third kappa shape index (κ3) is 2.73. The molecule has 1 N–H and O–H groups in total. The largest absolute Gasteiger partial charge is 0.462 e. The molecule has 0 amide bonds. The maximum atomic E-state index is 11.8. The van der Waals surface area contributed by atoms with Crippen molar-refractivity contribution in [2.75, 3.05) is 6.61 Å². The van der Waals surface area contributed by atoms with Gasteiger partial charge in [0.25, 0.3) is 0 Å². The Labute approximate surface area is 140 Å². The first-order valence-electron chi connectivity index (χ1n) is 6.04. The molecule has 110 valence electrons. The Morgan fingerprint density at radius 3 is 2.95 bits per heavy atom. The quantitative estimate of drug-likeness (QED) is 0.644. The summed E-state index contributed by atoms with van der Waals surface area (Å²) in [6.45, 7) is 2.05. The number of aromatic nitrogens is 2. The summed E-state index contributed by atoms with van der Waals surface area (Å²) in [6.07, 6.45) is 1.46. The fourth-order valence-corrected chi connectivity index (χ4v) is 2.74. The van der Waals surface area contributed by atoms with Crippen LogP contribution in [0.1, 0.15) is 17.3 Å². The van der Waals surface area contributed by atoms with Crippen LogP contribution in [-0.4, -0.2) is 22.5 Å². The fourth-order valence-electron chi connectivity index (χ4n) is 2.11. The van der Waals surface area contributed by atoms with Gasteiger partial charge in [0, 0.05) is 21.6 Å². The van der Waals surface area contributed by atoms with Crippen LogP contribution in [0.25, 0.3) is 21.9 Å². The van der Waals surface area contributed by atoms with Gasteiger partial charge in [-0.15, -0.1) is 12.4 Å². The van der Waals surface area contributed by atoms with E-state index in [0.717, 1.165) is 20.9 Å². The van der Waals surface area contributed by atoms with E-state index in [1.807, 2.05) is 18.2 Å². The summed E-state index contributed by atoms with van der Waals surface area (Å²) < 4.78 is 5.92. The molecular weight excluding hydrogens is 379 g/mol. The lowest BCUT2D eigenvalue weighted by Crippen LogP contribution is -2.06. The Morgan fingerprint density at radius 2 is 2.24 bits per heavy atom. The molecule has 2 aromatic heterocycles. The van der Waals surface area contributed by atoms with Crippen molar-refractivity contribution in [3.8, 4) is 0 Å². The van der Waals surface area contributed by atoms with Gasteiger partial charge in [-0.25, -0.2) is 4.79 Å². The second-order valence-corrected chi connectivity index (χ2v) is 5.54. The number of esters is 1. The van der Waals surface area contributed by atoms with Crippen molar-refractivity contribution in [3.05, 3.63) is 39.5 Å². The topological polar surface area (TPSA) is 55.0 Å². The van der Waals surface area contributed by atoms with E-state index in [0.29, 0.717) is 17.1 Å². The van der Waals surface area contributed by atoms with Crippen molar-refractivity contribution in [2.45, 2.75) is 6.92 Å². The highest BCUT2D eigenvalue weighted by Crippen LogP contribution is 2.32. The van der Waals surface area contributed by atoms with Gasteiger partial charge in [-0.3, -0.25) is 4.98 Å². The van der Waals surface area contributed by atoms with E-state index in [2.05, 4.69) is 25.9 Å². The van der Waals surface area contributed by atoms with E-state index in [4.69, 9.17) is 16.3 Å². The van der Waals surface area contributed by atoms with E-state index in [9.17, 15) is 4.79 Å². The first kappa shape index (κ1) is 16.1. The number of halogens is 3. The average Bonchev–Trinajstić information content (AvgIpc) is 2.78. The lowest BCUT2D eigenvalue weighted by molar-refractivity contribution is 0.0526. The SMILES string of the molecule is CCOC(=O)c1cnc2c([nH]c3ccc(Br)cc32)c1Cl.Cl. The lowest BCUT2D eigenvalue weighted by Gasteiger charge is -2.04. The minimum Gasteiger partial charge on any atom is -0.462 e. The summed E-state index contributed by atoms with van der Waals surface area (Å²) in [4.78, 5) is 19.3. The maximum absolute atomic E-state index is 11.8. The number of hydrogen-bond acceptors (Lipinski definition) is 3. The molecule has 7 heteroatoms. The number of carbonyl (C=O) groups is 1. The molecule has 1 aromatic carbocycles. The number of benzene rings is 1. The molecule has 0 aliphatic carbocycles. The molecule has 0 saturated heterocycles. The number of aromatic amines is 1. The molecule has 21 heavy (non-hydrogen) atoms. The van der Waals surface area contributed by atoms with Crippen molar-refractivity contribution < 1.29 is 9.53 Å². The van der Waals surface area contributed by atoms with Crippen LogP contribution in [0.3, 0.4) is 0 Å². The summed E-state index contributed by atoms with van der Waals surface area (Å²) in [5, 5.41) is 1.28. The number of rotatable bonds is 2.